The number of nitrogens with zero attached hydrogens (tertiary/aromatic N) is 1. The van der Waals surface area contributed by atoms with Crippen LogP contribution in [0.1, 0.15) is 12.5 Å². The summed E-state index contributed by atoms with van der Waals surface area (Å²) >= 11 is 7.17. The van der Waals surface area contributed by atoms with Crippen molar-refractivity contribution in [3.8, 4) is 0 Å². The van der Waals surface area contributed by atoms with E-state index in [0.29, 0.717) is 21.2 Å². The van der Waals surface area contributed by atoms with Gasteiger partial charge in [0, 0.05) is 5.02 Å². The van der Waals surface area contributed by atoms with Gasteiger partial charge in [-0.1, -0.05) is 42.8 Å². The molecule has 1 heterocycles. The third-order valence-corrected chi connectivity index (χ3v) is 4.76. The highest BCUT2D eigenvalue weighted by atomic mass is 35.5. The van der Waals surface area contributed by atoms with Gasteiger partial charge in [-0.2, -0.15) is 0 Å². The average molecular weight is 362 g/mol. The van der Waals surface area contributed by atoms with Crippen molar-refractivity contribution in [1.82, 2.24) is 0 Å². The molecule has 0 atom stereocenters. The van der Waals surface area contributed by atoms with Crippen LogP contribution in [0.3, 0.4) is 0 Å². The lowest BCUT2D eigenvalue weighted by Crippen LogP contribution is -2.32. The van der Waals surface area contributed by atoms with Crippen molar-refractivity contribution >= 4 is 46.4 Å². The predicted molar refractivity (Wildman–Crippen MR) is 95.4 cm³/mol. The van der Waals surface area contributed by atoms with Crippen LogP contribution in [-0.2, 0) is 9.59 Å². The Morgan fingerprint density at radius 1 is 1.04 bits per heavy atom. The minimum absolute atomic E-state index is 0.0364. The number of hydrogen-bond acceptors (Lipinski definition) is 3. The van der Waals surface area contributed by atoms with Crippen LogP contribution in [0, 0.1) is 5.82 Å². The molecule has 0 N–H and O–H groups in total. The van der Waals surface area contributed by atoms with Crippen LogP contribution >= 0.6 is 23.4 Å². The number of benzene rings is 2. The number of imide groups is 1. The van der Waals surface area contributed by atoms with Crippen molar-refractivity contribution in [3.63, 3.8) is 0 Å². The molecule has 122 valence electrons. The third-order valence-electron chi connectivity index (χ3n) is 3.56. The second kappa shape index (κ2) is 6.79. The zero-order valence-corrected chi connectivity index (χ0v) is 14.3. The molecule has 1 aliphatic heterocycles. The molecule has 1 aliphatic rings. The summed E-state index contributed by atoms with van der Waals surface area (Å²) in [6.07, 6.45) is 0. The molecule has 0 fully saturated rings. The Morgan fingerprint density at radius 3 is 2.33 bits per heavy atom. The quantitative estimate of drug-likeness (QED) is 0.751. The van der Waals surface area contributed by atoms with Gasteiger partial charge in [0.25, 0.3) is 11.8 Å². The number of rotatable bonds is 4. The number of amides is 2. The Balaban J connectivity index is 2.12. The molecule has 3 nitrogen and oxygen atoms in total. The van der Waals surface area contributed by atoms with Crippen molar-refractivity contribution in [2.75, 3.05) is 10.7 Å². The van der Waals surface area contributed by atoms with Gasteiger partial charge in [0.15, 0.2) is 0 Å². The molecule has 0 aromatic heterocycles. The number of halogens is 2. The molecular weight excluding hydrogens is 349 g/mol. The van der Waals surface area contributed by atoms with Crippen LogP contribution < -0.4 is 4.90 Å². The van der Waals surface area contributed by atoms with Crippen molar-refractivity contribution in [2.24, 2.45) is 0 Å². The van der Waals surface area contributed by atoms with Gasteiger partial charge in [0.2, 0.25) is 0 Å². The second-order valence-electron chi connectivity index (χ2n) is 5.04. The molecule has 0 aliphatic carbocycles. The fourth-order valence-electron chi connectivity index (χ4n) is 2.51. The highest BCUT2D eigenvalue weighted by Gasteiger charge is 2.40. The van der Waals surface area contributed by atoms with Crippen LogP contribution in [-0.4, -0.2) is 17.6 Å². The number of carbonyl (C=O) groups is 2. The maximum atomic E-state index is 14.1. The highest BCUT2D eigenvalue weighted by Crippen LogP contribution is 2.39. The van der Waals surface area contributed by atoms with E-state index in [1.165, 1.54) is 30.0 Å². The summed E-state index contributed by atoms with van der Waals surface area (Å²) in [5, 5.41) is 0.534. The van der Waals surface area contributed by atoms with Crippen molar-refractivity contribution in [1.29, 1.82) is 0 Å². The number of hydrogen-bond donors (Lipinski definition) is 0. The van der Waals surface area contributed by atoms with Gasteiger partial charge in [-0.25, -0.2) is 9.29 Å². The Labute approximate surface area is 148 Å². The highest BCUT2D eigenvalue weighted by molar-refractivity contribution is 8.04. The minimum atomic E-state index is -0.614. The summed E-state index contributed by atoms with van der Waals surface area (Å²) in [6.45, 7) is 1.89. The molecule has 0 spiro atoms. The first-order valence-electron chi connectivity index (χ1n) is 7.31. The Bertz CT molecular complexity index is 848. The van der Waals surface area contributed by atoms with Crippen LogP contribution in [0.5, 0.6) is 0 Å². The minimum Gasteiger partial charge on any atom is -0.268 e. The van der Waals surface area contributed by atoms with Crippen molar-refractivity contribution < 1.29 is 14.0 Å². The topological polar surface area (TPSA) is 37.4 Å². The lowest BCUT2D eigenvalue weighted by Gasteiger charge is -2.15. The van der Waals surface area contributed by atoms with E-state index in [1.807, 2.05) is 6.92 Å². The molecule has 24 heavy (non-hydrogen) atoms. The largest absolute Gasteiger partial charge is 0.272 e. The van der Waals surface area contributed by atoms with Crippen LogP contribution in [0.2, 0.25) is 5.02 Å². The van der Waals surface area contributed by atoms with Crippen LogP contribution in [0.4, 0.5) is 10.1 Å². The first-order valence-corrected chi connectivity index (χ1v) is 8.67. The number of thioether (sulfide) groups is 1. The van der Waals surface area contributed by atoms with E-state index >= 15 is 0 Å². The molecule has 2 aromatic carbocycles. The van der Waals surface area contributed by atoms with Crippen LogP contribution in [0.15, 0.2) is 53.4 Å². The summed E-state index contributed by atoms with van der Waals surface area (Å²) in [4.78, 5) is 26.8. The summed E-state index contributed by atoms with van der Waals surface area (Å²) in [5.74, 6) is -1.01. The van der Waals surface area contributed by atoms with E-state index < -0.39 is 17.6 Å². The van der Waals surface area contributed by atoms with E-state index in [9.17, 15) is 14.0 Å². The number of para-hydroxylation sites is 1. The summed E-state index contributed by atoms with van der Waals surface area (Å²) < 4.78 is 14.1. The second-order valence-corrected chi connectivity index (χ2v) is 6.75. The lowest BCUT2D eigenvalue weighted by molar-refractivity contribution is -0.119. The summed E-state index contributed by atoms with van der Waals surface area (Å²) in [7, 11) is 0. The van der Waals surface area contributed by atoms with Crippen molar-refractivity contribution in [3.05, 3.63) is 69.8 Å². The van der Waals surface area contributed by atoms with Gasteiger partial charge in [-0.15, -0.1) is 11.8 Å². The normalized spacial score (nSPS) is 14.7. The van der Waals surface area contributed by atoms with E-state index in [2.05, 4.69) is 0 Å². The number of anilines is 1. The Morgan fingerprint density at radius 2 is 1.71 bits per heavy atom. The molecule has 0 saturated heterocycles. The fourth-order valence-corrected chi connectivity index (χ4v) is 3.49. The fraction of sp³-hybridized carbons (Fsp3) is 0.111. The van der Waals surface area contributed by atoms with Gasteiger partial charge in [-0.05, 0) is 35.6 Å². The smallest absolute Gasteiger partial charge is 0.268 e. The van der Waals surface area contributed by atoms with Gasteiger partial charge >= 0.3 is 0 Å². The van der Waals surface area contributed by atoms with Gasteiger partial charge in [-0.3, -0.25) is 9.59 Å². The van der Waals surface area contributed by atoms with E-state index in [-0.39, 0.29) is 11.3 Å². The van der Waals surface area contributed by atoms with E-state index in [0.717, 1.165) is 4.90 Å². The molecule has 2 aromatic rings. The molecule has 0 saturated carbocycles. The first kappa shape index (κ1) is 16.7. The van der Waals surface area contributed by atoms with E-state index in [1.54, 1.807) is 30.3 Å². The van der Waals surface area contributed by atoms with Crippen LogP contribution in [0.25, 0.3) is 5.57 Å². The summed E-state index contributed by atoms with van der Waals surface area (Å²) in [6, 6.07) is 12.4. The zero-order valence-electron chi connectivity index (χ0n) is 12.8. The predicted octanol–water partition coefficient (Wildman–Crippen LogP) is 4.52. The third kappa shape index (κ3) is 2.85. The maximum Gasteiger partial charge on any atom is 0.272 e. The van der Waals surface area contributed by atoms with E-state index in [4.69, 9.17) is 11.6 Å². The standard InChI is InChI=1S/C18H13ClFNO2S/c1-2-24-16-15(11-7-9-12(19)10-8-11)17(22)21(18(16)23)14-6-4-3-5-13(14)20/h3-10H,2H2,1H3. The molecule has 6 heteroatoms. The number of carbonyl (C=O) groups excluding carboxylic acids is 2. The average Bonchev–Trinajstić information content (AvgIpc) is 2.81. The molecular formula is C18H13ClFNO2S. The molecule has 2 amide bonds. The van der Waals surface area contributed by atoms with Crippen molar-refractivity contribution in [2.45, 2.75) is 6.92 Å². The summed E-state index contributed by atoms with van der Waals surface area (Å²) in [5.41, 5.74) is 0.838. The SMILES string of the molecule is CCSC1=C(c2ccc(Cl)cc2)C(=O)N(c2ccccc2F)C1=O. The Kier molecular flexibility index (Phi) is 4.73. The lowest BCUT2D eigenvalue weighted by atomic mass is 10.1. The van der Waals surface area contributed by atoms with Gasteiger partial charge in [0.1, 0.15) is 5.82 Å². The zero-order chi connectivity index (χ0) is 17.3. The monoisotopic (exact) mass is 361 g/mol. The van der Waals surface area contributed by atoms with Gasteiger partial charge in [0.05, 0.1) is 16.2 Å². The maximum absolute atomic E-state index is 14.1. The van der Waals surface area contributed by atoms with Gasteiger partial charge < -0.3 is 0 Å². The molecule has 0 bridgehead atoms. The first-order chi connectivity index (χ1) is 11.5. The molecule has 0 radical (unpaired) electrons. The molecule has 3 rings (SSSR count). The molecule has 0 unspecified atom stereocenters. The Hall–Kier alpha value is -2.11.